The van der Waals surface area contributed by atoms with Crippen molar-refractivity contribution in [2.45, 2.75) is 0 Å². The van der Waals surface area contributed by atoms with E-state index in [-0.39, 0.29) is 11.6 Å². The minimum absolute atomic E-state index is 0.126. The molecule has 0 bridgehead atoms. The van der Waals surface area contributed by atoms with Crippen LogP contribution in [0.4, 0.5) is 0 Å². The Bertz CT molecular complexity index is 540. The van der Waals surface area contributed by atoms with Gasteiger partial charge in [0.05, 0.1) is 19.5 Å². The minimum Gasteiger partial charge on any atom is -0.464 e. The molecular weight excluding hydrogens is 256 g/mol. The Kier molecular flexibility index (Phi) is 3.74. The Morgan fingerprint density at radius 3 is 2.44 bits per heavy atom. The van der Waals surface area contributed by atoms with Crippen LogP contribution in [0.3, 0.4) is 0 Å². The SMILES string of the molecule is COC(=O)c1cnc(Oc2ccc(Cl)cc2)cn1. The smallest absolute Gasteiger partial charge is 0.358 e. The molecule has 1 heterocycles. The lowest BCUT2D eigenvalue weighted by molar-refractivity contribution is 0.0593. The number of benzene rings is 1. The molecule has 0 fully saturated rings. The van der Waals surface area contributed by atoms with E-state index < -0.39 is 5.97 Å². The van der Waals surface area contributed by atoms with Crippen LogP contribution in [0.1, 0.15) is 10.5 Å². The number of methoxy groups -OCH3 is 1. The third-order valence-electron chi connectivity index (χ3n) is 2.06. The summed E-state index contributed by atoms with van der Waals surface area (Å²) in [5, 5.41) is 0.620. The molecule has 0 aliphatic carbocycles. The molecule has 92 valence electrons. The third-order valence-corrected chi connectivity index (χ3v) is 2.31. The molecule has 5 nitrogen and oxygen atoms in total. The summed E-state index contributed by atoms with van der Waals surface area (Å²) in [5.41, 5.74) is 0.126. The largest absolute Gasteiger partial charge is 0.464 e. The molecule has 0 amide bonds. The molecule has 0 saturated heterocycles. The number of carbonyl (C=O) groups excluding carboxylic acids is 1. The minimum atomic E-state index is -0.541. The van der Waals surface area contributed by atoms with E-state index in [0.717, 1.165) is 0 Å². The van der Waals surface area contributed by atoms with Crippen LogP contribution in [0.15, 0.2) is 36.7 Å². The van der Waals surface area contributed by atoms with Crippen molar-refractivity contribution < 1.29 is 14.3 Å². The maximum atomic E-state index is 11.1. The summed E-state index contributed by atoms with van der Waals surface area (Å²) in [6.45, 7) is 0. The molecule has 0 spiro atoms. The molecule has 0 N–H and O–H groups in total. The molecule has 0 aliphatic rings. The van der Waals surface area contributed by atoms with Crippen LogP contribution in [-0.4, -0.2) is 23.0 Å². The fraction of sp³-hybridized carbons (Fsp3) is 0.0833. The Labute approximate surface area is 108 Å². The van der Waals surface area contributed by atoms with Crippen LogP contribution in [-0.2, 0) is 4.74 Å². The van der Waals surface area contributed by atoms with Gasteiger partial charge in [0.25, 0.3) is 0 Å². The highest BCUT2D eigenvalue weighted by atomic mass is 35.5. The number of ether oxygens (including phenoxy) is 2. The molecule has 1 aromatic carbocycles. The maximum Gasteiger partial charge on any atom is 0.358 e. The van der Waals surface area contributed by atoms with Crippen molar-refractivity contribution in [1.29, 1.82) is 0 Å². The zero-order valence-corrected chi connectivity index (χ0v) is 10.2. The van der Waals surface area contributed by atoms with Crippen LogP contribution in [0, 0.1) is 0 Å². The molecule has 2 rings (SSSR count). The molecular formula is C12H9ClN2O3. The Balaban J connectivity index is 2.10. The van der Waals surface area contributed by atoms with Gasteiger partial charge in [-0.05, 0) is 24.3 Å². The normalized spacial score (nSPS) is 9.89. The van der Waals surface area contributed by atoms with E-state index in [1.807, 2.05) is 0 Å². The van der Waals surface area contributed by atoms with Crippen LogP contribution in [0.25, 0.3) is 0 Å². The molecule has 18 heavy (non-hydrogen) atoms. The lowest BCUT2D eigenvalue weighted by Gasteiger charge is -2.04. The van der Waals surface area contributed by atoms with Crippen LogP contribution in [0.2, 0.25) is 5.02 Å². The number of hydrogen-bond donors (Lipinski definition) is 0. The number of carbonyl (C=O) groups is 1. The van der Waals surface area contributed by atoms with Crippen molar-refractivity contribution in [2.24, 2.45) is 0 Å². The highest BCUT2D eigenvalue weighted by Crippen LogP contribution is 2.20. The van der Waals surface area contributed by atoms with E-state index in [1.54, 1.807) is 24.3 Å². The van der Waals surface area contributed by atoms with Crippen molar-refractivity contribution in [3.8, 4) is 11.6 Å². The summed E-state index contributed by atoms with van der Waals surface area (Å²) >= 11 is 5.75. The first-order chi connectivity index (χ1) is 8.69. The summed E-state index contributed by atoms with van der Waals surface area (Å²) in [6, 6.07) is 6.82. The predicted octanol–water partition coefficient (Wildman–Crippen LogP) is 2.71. The standard InChI is InChI=1S/C12H9ClN2O3/c1-17-12(16)10-6-15-11(7-14-10)18-9-4-2-8(13)3-5-9/h2-7H,1H3. The first-order valence-electron chi connectivity index (χ1n) is 5.03. The molecule has 1 aromatic heterocycles. The fourth-order valence-electron chi connectivity index (χ4n) is 1.20. The summed E-state index contributed by atoms with van der Waals surface area (Å²) in [6.07, 6.45) is 2.64. The van der Waals surface area contributed by atoms with E-state index >= 15 is 0 Å². The van der Waals surface area contributed by atoms with Crippen LogP contribution < -0.4 is 4.74 Å². The van der Waals surface area contributed by atoms with Crippen molar-refractivity contribution >= 4 is 17.6 Å². The second-order valence-corrected chi connectivity index (χ2v) is 3.72. The van der Waals surface area contributed by atoms with Gasteiger partial charge in [-0.3, -0.25) is 0 Å². The van der Waals surface area contributed by atoms with Gasteiger partial charge in [0, 0.05) is 5.02 Å². The lowest BCUT2D eigenvalue weighted by Crippen LogP contribution is -2.04. The number of nitrogens with zero attached hydrogens (tertiary/aromatic N) is 2. The average Bonchev–Trinajstić information content (AvgIpc) is 2.41. The highest BCUT2D eigenvalue weighted by Gasteiger charge is 2.08. The Morgan fingerprint density at radius 1 is 1.17 bits per heavy atom. The van der Waals surface area contributed by atoms with E-state index in [4.69, 9.17) is 16.3 Å². The quantitative estimate of drug-likeness (QED) is 0.798. The first kappa shape index (κ1) is 12.3. The molecule has 0 radical (unpaired) electrons. The van der Waals surface area contributed by atoms with Gasteiger partial charge in [-0.25, -0.2) is 14.8 Å². The fourth-order valence-corrected chi connectivity index (χ4v) is 1.33. The van der Waals surface area contributed by atoms with Gasteiger partial charge in [-0.1, -0.05) is 11.6 Å². The second kappa shape index (κ2) is 5.46. The van der Waals surface area contributed by atoms with Gasteiger partial charge in [-0.15, -0.1) is 0 Å². The number of aromatic nitrogens is 2. The van der Waals surface area contributed by atoms with Crippen molar-refractivity contribution in [3.63, 3.8) is 0 Å². The Morgan fingerprint density at radius 2 is 1.89 bits per heavy atom. The predicted molar refractivity (Wildman–Crippen MR) is 64.9 cm³/mol. The van der Waals surface area contributed by atoms with E-state index in [2.05, 4.69) is 14.7 Å². The van der Waals surface area contributed by atoms with E-state index in [9.17, 15) is 4.79 Å². The van der Waals surface area contributed by atoms with Gasteiger partial charge < -0.3 is 9.47 Å². The molecule has 0 saturated carbocycles. The van der Waals surface area contributed by atoms with Crippen molar-refractivity contribution in [3.05, 3.63) is 47.4 Å². The molecule has 0 atom stereocenters. The summed E-state index contributed by atoms with van der Waals surface area (Å²) in [7, 11) is 1.28. The van der Waals surface area contributed by atoms with Gasteiger partial charge in [0.1, 0.15) is 5.75 Å². The maximum absolute atomic E-state index is 11.1. The number of esters is 1. The zero-order valence-electron chi connectivity index (χ0n) is 9.46. The highest BCUT2D eigenvalue weighted by molar-refractivity contribution is 6.30. The molecule has 2 aromatic rings. The van der Waals surface area contributed by atoms with Gasteiger partial charge in [-0.2, -0.15) is 0 Å². The Hall–Kier alpha value is -2.14. The third kappa shape index (κ3) is 2.95. The van der Waals surface area contributed by atoms with Gasteiger partial charge >= 0.3 is 5.97 Å². The summed E-state index contributed by atoms with van der Waals surface area (Å²) in [4.78, 5) is 19.0. The lowest BCUT2D eigenvalue weighted by atomic mass is 10.3. The van der Waals surface area contributed by atoms with E-state index in [0.29, 0.717) is 10.8 Å². The van der Waals surface area contributed by atoms with Gasteiger partial charge in [0.2, 0.25) is 5.88 Å². The number of halogens is 1. The topological polar surface area (TPSA) is 61.3 Å². The van der Waals surface area contributed by atoms with Crippen LogP contribution in [0.5, 0.6) is 11.6 Å². The first-order valence-corrected chi connectivity index (χ1v) is 5.40. The average molecular weight is 265 g/mol. The van der Waals surface area contributed by atoms with Crippen LogP contribution >= 0.6 is 11.6 Å². The second-order valence-electron chi connectivity index (χ2n) is 3.29. The summed E-state index contributed by atoms with van der Waals surface area (Å²) in [5.74, 6) is 0.324. The van der Waals surface area contributed by atoms with Crippen molar-refractivity contribution in [2.75, 3.05) is 7.11 Å². The van der Waals surface area contributed by atoms with Gasteiger partial charge in [0.15, 0.2) is 5.69 Å². The number of rotatable bonds is 3. The summed E-state index contributed by atoms with van der Waals surface area (Å²) < 4.78 is 9.93. The zero-order chi connectivity index (χ0) is 13.0. The monoisotopic (exact) mass is 264 g/mol. The van der Waals surface area contributed by atoms with E-state index in [1.165, 1.54) is 19.5 Å². The molecule has 0 unspecified atom stereocenters. The molecule has 0 aliphatic heterocycles. The van der Waals surface area contributed by atoms with Crippen molar-refractivity contribution in [1.82, 2.24) is 9.97 Å². The number of hydrogen-bond acceptors (Lipinski definition) is 5. The molecule has 6 heteroatoms.